The number of nitrogens with one attached hydrogen (secondary N) is 1. The van der Waals surface area contributed by atoms with E-state index in [2.05, 4.69) is 22.4 Å². The normalized spacial score (nSPS) is 17.6. The molecular weight excluding hydrogens is 502 g/mol. The fourth-order valence-electron chi connectivity index (χ4n) is 5.71. The summed E-state index contributed by atoms with van der Waals surface area (Å²) < 4.78 is 0. The van der Waals surface area contributed by atoms with Crippen LogP contribution < -0.4 is 5.32 Å². The van der Waals surface area contributed by atoms with E-state index in [0.717, 1.165) is 34.2 Å². The van der Waals surface area contributed by atoms with Crippen molar-refractivity contribution in [2.75, 3.05) is 6.54 Å². The van der Waals surface area contributed by atoms with Gasteiger partial charge in [-0.25, -0.2) is 4.79 Å². The van der Waals surface area contributed by atoms with Gasteiger partial charge < -0.3 is 15.3 Å². The maximum atomic E-state index is 13.3. The van der Waals surface area contributed by atoms with Crippen molar-refractivity contribution in [2.45, 2.75) is 31.8 Å². The van der Waals surface area contributed by atoms with Crippen molar-refractivity contribution in [3.63, 3.8) is 0 Å². The summed E-state index contributed by atoms with van der Waals surface area (Å²) >= 11 is 0. The molecule has 3 aromatic carbocycles. The van der Waals surface area contributed by atoms with Crippen LogP contribution in [0.25, 0.3) is 11.1 Å². The Kier molecular flexibility index (Phi) is 6.86. The van der Waals surface area contributed by atoms with E-state index in [0.29, 0.717) is 31.6 Å². The minimum Gasteiger partial charge on any atom is -0.478 e. The molecule has 1 aromatic heterocycles. The summed E-state index contributed by atoms with van der Waals surface area (Å²) in [5.41, 5.74) is 6.83. The Hall–Kier alpha value is -4.78. The molecule has 1 fully saturated rings. The summed E-state index contributed by atoms with van der Waals surface area (Å²) in [5, 5.41) is 12.7. The fraction of sp³-hybridized carbons (Fsp3) is 0.212. The highest BCUT2D eigenvalue weighted by Gasteiger charge is 2.43. The summed E-state index contributed by atoms with van der Waals surface area (Å²) in [4.78, 5) is 43.8. The molecule has 200 valence electrons. The molecule has 40 heavy (non-hydrogen) atoms. The average Bonchev–Trinajstić information content (AvgIpc) is 3.81. The molecule has 2 N–H and O–H groups in total. The van der Waals surface area contributed by atoms with E-state index in [9.17, 15) is 19.5 Å². The van der Waals surface area contributed by atoms with Gasteiger partial charge in [-0.15, -0.1) is 0 Å². The van der Waals surface area contributed by atoms with Crippen molar-refractivity contribution in [3.8, 4) is 11.1 Å². The van der Waals surface area contributed by atoms with Crippen molar-refractivity contribution in [2.24, 2.45) is 5.92 Å². The predicted molar refractivity (Wildman–Crippen MR) is 151 cm³/mol. The van der Waals surface area contributed by atoms with Gasteiger partial charge in [0.2, 0.25) is 5.91 Å². The second-order valence-corrected chi connectivity index (χ2v) is 10.4. The Labute approximate surface area is 232 Å². The second kappa shape index (κ2) is 10.8. The Morgan fingerprint density at radius 2 is 1.70 bits per heavy atom. The van der Waals surface area contributed by atoms with Gasteiger partial charge in [-0.2, -0.15) is 0 Å². The molecule has 0 spiro atoms. The van der Waals surface area contributed by atoms with Crippen molar-refractivity contribution in [1.29, 1.82) is 0 Å². The van der Waals surface area contributed by atoms with Crippen molar-refractivity contribution < 1.29 is 19.5 Å². The first-order chi connectivity index (χ1) is 19.5. The summed E-state index contributed by atoms with van der Waals surface area (Å²) in [7, 11) is 0. The van der Waals surface area contributed by atoms with Crippen LogP contribution in [0.3, 0.4) is 0 Å². The lowest BCUT2D eigenvalue weighted by Gasteiger charge is -2.32. The maximum absolute atomic E-state index is 13.3. The number of carbonyl (C=O) groups is 3. The number of fused-ring (bicyclic) bond motifs is 1. The first-order valence-electron chi connectivity index (χ1n) is 13.5. The van der Waals surface area contributed by atoms with Gasteiger partial charge in [-0.3, -0.25) is 14.6 Å². The number of pyridine rings is 1. The van der Waals surface area contributed by atoms with Crippen molar-refractivity contribution in [3.05, 3.63) is 125 Å². The van der Waals surface area contributed by atoms with E-state index >= 15 is 0 Å². The summed E-state index contributed by atoms with van der Waals surface area (Å²) in [6.45, 7) is 1.31. The van der Waals surface area contributed by atoms with Crippen LogP contribution in [-0.4, -0.2) is 39.3 Å². The SMILES string of the molecule is O=C(O)c1cccc(-c2ccc(CNC(=O)[C@H]3C[C@H]3c3ccccc3)c3c2CCN(C(=O)c2ccncc2)C3)c1. The molecule has 1 saturated carbocycles. The minimum absolute atomic E-state index is 0.0268. The third-order valence-electron chi connectivity index (χ3n) is 7.95. The number of hydrogen-bond acceptors (Lipinski definition) is 4. The number of aromatic nitrogens is 1. The molecule has 6 rings (SSSR count). The van der Waals surface area contributed by atoms with Gasteiger partial charge in [0.15, 0.2) is 0 Å². The molecule has 1 aliphatic carbocycles. The monoisotopic (exact) mass is 531 g/mol. The van der Waals surface area contributed by atoms with E-state index < -0.39 is 5.97 Å². The number of aromatic carboxylic acids is 1. The zero-order valence-corrected chi connectivity index (χ0v) is 21.9. The lowest BCUT2D eigenvalue weighted by atomic mass is 9.87. The number of benzene rings is 3. The lowest BCUT2D eigenvalue weighted by molar-refractivity contribution is -0.122. The van der Waals surface area contributed by atoms with Gasteiger partial charge in [0.25, 0.3) is 5.91 Å². The highest BCUT2D eigenvalue weighted by atomic mass is 16.4. The lowest BCUT2D eigenvalue weighted by Crippen LogP contribution is -2.37. The van der Waals surface area contributed by atoms with Crippen LogP contribution >= 0.6 is 0 Å². The molecule has 2 heterocycles. The van der Waals surface area contributed by atoms with Crippen LogP contribution in [0.1, 0.15) is 55.3 Å². The molecule has 1 aliphatic heterocycles. The van der Waals surface area contributed by atoms with Crippen LogP contribution in [0.5, 0.6) is 0 Å². The topological polar surface area (TPSA) is 99.6 Å². The Morgan fingerprint density at radius 3 is 2.48 bits per heavy atom. The predicted octanol–water partition coefficient (Wildman–Crippen LogP) is 5.07. The molecule has 0 unspecified atom stereocenters. The standard InChI is InChI=1S/C33H29N3O4/c37-31(29-18-28(29)21-5-2-1-3-6-21)35-19-25-9-10-26(23-7-4-8-24(17-23)33(39)40)27-13-16-36(20-30(25)27)32(38)22-11-14-34-15-12-22/h1-12,14-15,17,28-29H,13,16,18-20H2,(H,35,37)(H,39,40)/t28-,29-/m0/s1. The summed E-state index contributed by atoms with van der Waals surface area (Å²) in [6, 6.07) is 24.5. The molecule has 0 radical (unpaired) electrons. The average molecular weight is 532 g/mol. The highest BCUT2D eigenvalue weighted by Crippen LogP contribution is 2.47. The molecule has 7 heteroatoms. The molecular formula is C33H29N3O4. The molecule has 2 atom stereocenters. The Morgan fingerprint density at radius 1 is 0.900 bits per heavy atom. The zero-order chi connectivity index (χ0) is 27.6. The second-order valence-electron chi connectivity index (χ2n) is 10.4. The first kappa shape index (κ1) is 25.5. The van der Waals surface area contributed by atoms with E-state index in [-0.39, 0.29) is 29.2 Å². The number of amides is 2. The molecule has 4 aromatic rings. The number of carboxylic acid groups (broad SMARTS) is 1. The number of carboxylic acids is 1. The number of carbonyl (C=O) groups excluding carboxylic acids is 2. The third kappa shape index (κ3) is 5.10. The fourth-order valence-corrected chi connectivity index (χ4v) is 5.71. The first-order valence-corrected chi connectivity index (χ1v) is 13.5. The summed E-state index contributed by atoms with van der Waals surface area (Å²) in [5.74, 6) is -0.766. The summed E-state index contributed by atoms with van der Waals surface area (Å²) in [6.07, 6.45) is 4.70. The largest absolute Gasteiger partial charge is 0.478 e. The van der Waals surface area contributed by atoms with Gasteiger partial charge in [-0.1, -0.05) is 54.6 Å². The number of nitrogens with zero attached hydrogens (tertiary/aromatic N) is 2. The van der Waals surface area contributed by atoms with Crippen molar-refractivity contribution >= 4 is 17.8 Å². The van der Waals surface area contributed by atoms with Crippen LogP contribution in [0.15, 0.2) is 91.3 Å². The smallest absolute Gasteiger partial charge is 0.335 e. The van der Waals surface area contributed by atoms with E-state index in [4.69, 9.17) is 0 Å². The van der Waals surface area contributed by atoms with E-state index in [1.165, 1.54) is 5.56 Å². The van der Waals surface area contributed by atoms with E-state index in [1.807, 2.05) is 41.3 Å². The van der Waals surface area contributed by atoms with Crippen LogP contribution in [-0.2, 0) is 24.3 Å². The molecule has 2 amide bonds. The minimum atomic E-state index is -0.974. The molecule has 0 bridgehead atoms. The number of hydrogen-bond donors (Lipinski definition) is 2. The van der Waals surface area contributed by atoms with E-state index in [1.54, 1.807) is 42.7 Å². The molecule has 0 saturated heterocycles. The Balaban J connectivity index is 1.28. The maximum Gasteiger partial charge on any atom is 0.335 e. The number of rotatable bonds is 7. The molecule has 7 nitrogen and oxygen atoms in total. The Bertz CT molecular complexity index is 1590. The highest BCUT2D eigenvalue weighted by molar-refractivity contribution is 5.94. The van der Waals surface area contributed by atoms with Gasteiger partial charge >= 0.3 is 5.97 Å². The van der Waals surface area contributed by atoms with Gasteiger partial charge in [0.05, 0.1) is 5.56 Å². The quantitative estimate of drug-likeness (QED) is 0.347. The zero-order valence-electron chi connectivity index (χ0n) is 21.9. The van der Waals surface area contributed by atoms with Crippen LogP contribution in [0, 0.1) is 5.92 Å². The van der Waals surface area contributed by atoms with Crippen LogP contribution in [0.2, 0.25) is 0 Å². The van der Waals surface area contributed by atoms with Gasteiger partial charge in [-0.05, 0) is 76.4 Å². The third-order valence-corrected chi connectivity index (χ3v) is 7.95. The molecule has 2 aliphatic rings. The van der Waals surface area contributed by atoms with Crippen LogP contribution in [0.4, 0.5) is 0 Å². The van der Waals surface area contributed by atoms with Gasteiger partial charge in [0, 0.05) is 43.5 Å². The van der Waals surface area contributed by atoms with Crippen molar-refractivity contribution in [1.82, 2.24) is 15.2 Å². The van der Waals surface area contributed by atoms with Gasteiger partial charge in [0.1, 0.15) is 0 Å².